The van der Waals surface area contributed by atoms with Gasteiger partial charge >= 0.3 is 5.97 Å². The van der Waals surface area contributed by atoms with Crippen LogP contribution in [-0.4, -0.2) is 40.8 Å². The van der Waals surface area contributed by atoms with E-state index in [4.69, 9.17) is 9.47 Å². The summed E-state index contributed by atoms with van der Waals surface area (Å²) >= 11 is 0. The minimum atomic E-state index is -0.683. The zero-order valence-electron chi connectivity index (χ0n) is 20.3. The fourth-order valence-electron chi connectivity index (χ4n) is 8.58. The van der Waals surface area contributed by atoms with Crippen molar-refractivity contribution in [2.24, 2.45) is 40.9 Å². The SMILES string of the molecule is CC1=C(C2CCC3CC(O)CCC3(C)C2CC(=O)O)CC2OC3(CCC(C)CO3)C(C)C12. The number of fused-ring (bicyclic) bond motifs is 2. The van der Waals surface area contributed by atoms with Crippen molar-refractivity contribution in [3.05, 3.63) is 11.1 Å². The topological polar surface area (TPSA) is 76.0 Å². The average molecular weight is 447 g/mol. The van der Waals surface area contributed by atoms with Crippen molar-refractivity contribution in [3.63, 3.8) is 0 Å². The molecule has 3 aliphatic carbocycles. The Balaban J connectivity index is 1.42. The van der Waals surface area contributed by atoms with Crippen molar-refractivity contribution in [1.82, 2.24) is 0 Å². The number of hydrogen-bond donors (Lipinski definition) is 2. The van der Waals surface area contributed by atoms with Gasteiger partial charge in [-0.2, -0.15) is 0 Å². The molecule has 5 rings (SSSR count). The molecule has 0 aromatic rings. The van der Waals surface area contributed by atoms with Gasteiger partial charge in [-0.05, 0) is 81.0 Å². The first kappa shape index (κ1) is 22.9. The van der Waals surface area contributed by atoms with Crippen molar-refractivity contribution in [1.29, 1.82) is 0 Å². The van der Waals surface area contributed by atoms with Crippen molar-refractivity contribution in [2.45, 2.75) is 103 Å². The molecule has 10 atom stereocenters. The highest BCUT2D eigenvalue weighted by atomic mass is 16.7. The lowest BCUT2D eigenvalue weighted by Gasteiger charge is -2.55. The molecule has 1 spiro atoms. The van der Waals surface area contributed by atoms with Crippen LogP contribution in [0.3, 0.4) is 0 Å². The van der Waals surface area contributed by atoms with Crippen LogP contribution in [0.25, 0.3) is 0 Å². The van der Waals surface area contributed by atoms with Crippen LogP contribution in [0.4, 0.5) is 0 Å². The number of hydrogen-bond acceptors (Lipinski definition) is 4. The van der Waals surface area contributed by atoms with E-state index >= 15 is 0 Å². The van der Waals surface area contributed by atoms with E-state index < -0.39 is 11.8 Å². The van der Waals surface area contributed by atoms with Gasteiger partial charge in [-0.15, -0.1) is 0 Å². The van der Waals surface area contributed by atoms with Crippen LogP contribution in [0, 0.1) is 40.9 Å². The van der Waals surface area contributed by atoms with Gasteiger partial charge in [0.15, 0.2) is 5.79 Å². The van der Waals surface area contributed by atoms with Gasteiger partial charge in [0.05, 0.1) is 18.8 Å². The second kappa shape index (κ2) is 8.09. The number of aliphatic hydroxyl groups is 1. The third-order valence-corrected chi connectivity index (χ3v) is 10.5. The molecular weight excluding hydrogens is 404 g/mol. The average Bonchev–Trinajstić information content (AvgIpc) is 3.19. The van der Waals surface area contributed by atoms with E-state index in [-0.39, 0.29) is 30.0 Å². The van der Waals surface area contributed by atoms with Gasteiger partial charge in [0, 0.05) is 24.7 Å². The van der Waals surface area contributed by atoms with Gasteiger partial charge in [0.2, 0.25) is 0 Å². The van der Waals surface area contributed by atoms with Crippen LogP contribution >= 0.6 is 0 Å². The normalized spacial score (nSPS) is 51.0. The van der Waals surface area contributed by atoms with Crippen LogP contribution in [0.1, 0.15) is 85.5 Å². The third kappa shape index (κ3) is 3.49. The molecule has 5 aliphatic rings. The van der Waals surface area contributed by atoms with Crippen LogP contribution in [0.5, 0.6) is 0 Å². The zero-order valence-corrected chi connectivity index (χ0v) is 20.3. The lowest BCUT2D eigenvalue weighted by Crippen LogP contribution is -2.49. The predicted octanol–water partition coefficient (Wildman–Crippen LogP) is 5.17. The van der Waals surface area contributed by atoms with Crippen LogP contribution in [0.15, 0.2) is 11.1 Å². The standard InChI is InChI=1S/C27H42O5/c1-15-7-10-27(31-14-15)17(3)25-16(2)21(12-23(25)32-27)20-6-5-18-11-19(28)8-9-26(18,4)22(20)13-24(29)30/h15,17-20,22-23,25,28H,5-14H2,1-4H3,(H,29,30). The largest absolute Gasteiger partial charge is 0.481 e. The fourth-order valence-corrected chi connectivity index (χ4v) is 8.58. The summed E-state index contributed by atoms with van der Waals surface area (Å²) in [5.74, 6) is 1.14. The first-order valence-corrected chi connectivity index (χ1v) is 13.1. The molecule has 180 valence electrons. The van der Waals surface area contributed by atoms with Gasteiger partial charge in [-0.1, -0.05) is 31.9 Å². The Kier molecular flexibility index (Phi) is 5.78. The lowest BCUT2D eigenvalue weighted by molar-refractivity contribution is -0.269. The van der Waals surface area contributed by atoms with E-state index in [1.54, 1.807) is 0 Å². The van der Waals surface area contributed by atoms with E-state index in [9.17, 15) is 15.0 Å². The summed E-state index contributed by atoms with van der Waals surface area (Å²) in [7, 11) is 0. The molecule has 0 bridgehead atoms. The molecule has 32 heavy (non-hydrogen) atoms. The summed E-state index contributed by atoms with van der Waals surface area (Å²) < 4.78 is 13.1. The van der Waals surface area contributed by atoms with Crippen molar-refractivity contribution in [3.8, 4) is 0 Å². The number of carboxylic acid groups (broad SMARTS) is 1. The summed E-state index contributed by atoms with van der Waals surface area (Å²) in [6, 6.07) is 0. The van der Waals surface area contributed by atoms with Gasteiger partial charge < -0.3 is 19.7 Å². The molecular formula is C27H42O5. The lowest BCUT2D eigenvalue weighted by atomic mass is 9.50. The molecule has 0 aromatic carbocycles. The van der Waals surface area contributed by atoms with Crippen molar-refractivity contribution in [2.75, 3.05) is 6.61 Å². The number of ether oxygens (including phenoxy) is 2. The highest BCUT2D eigenvalue weighted by Gasteiger charge is 2.59. The molecule has 2 saturated carbocycles. The van der Waals surface area contributed by atoms with Crippen LogP contribution in [0.2, 0.25) is 0 Å². The van der Waals surface area contributed by atoms with Crippen molar-refractivity contribution >= 4 is 5.97 Å². The maximum Gasteiger partial charge on any atom is 0.303 e. The first-order chi connectivity index (χ1) is 15.1. The molecule has 5 heteroatoms. The quantitative estimate of drug-likeness (QED) is 0.585. The Labute approximate surface area is 192 Å². The smallest absolute Gasteiger partial charge is 0.303 e. The molecule has 0 aromatic heterocycles. The number of aliphatic carboxylic acids is 1. The molecule has 0 radical (unpaired) electrons. The molecule has 2 N–H and O–H groups in total. The maximum atomic E-state index is 12.0. The Morgan fingerprint density at radius 3 is 2.59 bits per heavy atom. The minimum Gasteiger partial charge on any atom is -0.481 e. The Morgan fingerprint density at radius 2 is 1.94 bits per heavy atom. The molecule has 2 saturated heterocycles. The minimum absolute atomic E-state index is 0.00182. The number of rotatable bonds is 3. The number of carboxylic acids is 1. The number of aliphatic hydroxyl groups excluding tert-OH is 1. The van der Waals surface area contributed by atoms with Gasteiger partial charge in [0.1, 0.15) is 0 Å². The third-order valence-electron chi connectivity index (χ3n) is 10.5. The number of carbonyl (C=O) groups is 1. The second-order valence-electron chi connectivity index (χ2n) is 12.2. The predicted molar refractivity (Wildman–Crippen MR) is 122 cm³/mol. The Hall–Kier alpha value is -0.910. The van der Waals surface area contributed by atoms with Crippen LogP contribution < -0.4 is 0 Å². The molecule has 4 fully saturated rings. The summed E-state index contributed by atoms with van der Waals surface area (Å²) in [6.07, 6.45) is 8.00. The van der Waals surface area contributed by atoms with Crippen LogP contribution in [-0.2, 0) is 14.3 Å². The Morgan fingerprint density at radius 1 is 1.16 bits per heavy atom. The fraction of sp³-hybridized carbons (Fsp3) is 0.889. The monoisotopic (exact) mass is 446 g/mol. The van der Waals surface area contributed by atoms with E-state index in [1.165, 1.54) is 11.1 Å². The van der Waals surface area contributed by atoms with Gasteiger partial charge in [0.25, 0.3) is 0 Å². The molecule has 2 aliphatic heterocycles. The maximum absolute atomic E-state index is 12.0. The Bertz CT molecular complexity index is 781. The van der Waals surface area contributed by atoms with E-state index in [1.807, 2.05) is 0 Å². The van der Waals surface area contributed by atoms with E-state index in [0.717, 1.165) is 58.0 Å². The van der Waals surface area contributed by atoms with Crippen molar-refractivity contribution < 1.29 is 24.5 Å². The molecule has 0 amide bonds. The van der Waals surface area contributed by atoms with E-state index in [2.05, 4.69) is 27.7 Å². The van der Waals surface area contributed by atoms with Gasteiger partial charge in [-0.3, -0.25) is 4.79 Å². The van der Waals surface area contributed by atoms with E-state index in [0.29, 0.717) is 29.6 Å². The highest BCUT2D eigenvalue weighted by Crippen LogP contribution is 2.62. The second-order valence-corrected chi connectivity index (χ2v) is 12.2. The summed E-state index contributed by atoms with van der Waals surface area (Å²) in [4.78, 5) is 12.0. The summed E-state index contributed by atoms with van der Waals surface area (Å²) in [6.45, 7) is 9.96. The summed E-state index contributed by atoms with van der Waals surface area (Å²) in [5, 5.41) is 20.1. The molecule has 5 nitrogen and oxygen atoms in total. The molecule has 10 unspecified atom stereocenters. The summed E-state index contributed by atoms with van der Waals surface area (Å²) in [5.41, 5.74) is 2.95. The van der Waals surface area contributed by atoms with Gasteiger partial charge in [-0.25, -0.2) is 0 Å². The first-order valence-electron chi connectivity index (χ1n) is 13.1. The highest BCUT2D eigenvalue weighted by molar-refractivity contribution is 5.67. The molecule has 2 heterocycles. The zero-order chi connectivity index (χ0) is 22.8.